The molecule has 0 spiro atoms. The van der Waals surface area contributed by atoms with Gasteiger partial charge >= 0.3 is 0 Å². The van der Waals surface area contributed by atoms with Gasteiger partial charge in [0.15, 0.2) is 0 Å². The molecule has 1 aliphatic carbocycles. The van der Waals surface area contributed by atoms with Gasteiger partial charge in [0.1, 0.15) is 6.04 Å². The van der Waals surface area contributed by atoms with E-state index in [4.69, 9.17) is 0 Å². The van der Waals surface area contributed by atoms with Gasteiger partial charge in [0.05, 0.1) is 4.90 Å². The first-order chi connectivity index (χ1) is 13.9. The fourth-order valence-electron chi connectivity index (χ4n) is 3.34. The fraction of sp³-hybridized carbons (Fsp3) is 0.600. The molecule has 29 heavy (non-hydrogen) atoms. The molecule has 0 bridgehead atoms. The Balaban J connectivity index is 1.84. The van der Waals surface area contributed by atoms with E-state index >= 15 is 0 Å². The van der Waals surface area contributed by atoms with Gasteiger partial charge in [0.2, 0.25) is 21.8 Å². The van der Waals surface area contributed by atoms with Gasteiger partial charge in [0.25, 0.3) is 0 Å². The summed E-state index contributed by atoms with van der Waals surface area (Å²) in [6, 6.07) is 7.14. The lowest BCUT2D eigenvalue weighted by Crippen LogP contribution is -2.48. The maximum absolute atomic E-state index is 12.5. The van der Waals surface area contributed by atoms with Crippen molar-refractivity contribution in [1.82, 2.24) is 15.4 Å². The summed E-state index contributed by atoms with van der Waals surface area (Å²) in [5.41, 5.74) is 0. The first kappa shape index (κ1) is 23.7. The van der Waals surface area contributed by atoms with E-state index in [0.29, 0.717) is 18.7 Å². The molecule has 9 heteroatoms. The number of carbonyl (C=O) groups excluding carboxylic acids is 2. The zero-order valence-electron chi connectivity index (χ0n) is 16.9. The number of hydrogen-bond acceptors (Lipinski definition) is 5. The summed E-state index contributed by atoms with van der Waals surface area (Å²) in [5, 5.41) is 5.60. The van der Waals surface area contributed by atoms with Crippen LogP contribution in [0.1, 0.15) is 38.5 Å². The number of benzene rings is 1. The van der Waals surface area contributed by atoms with Crippen LogP contribution in [0.4, 0.5) is 0 Å². The number of thioether (sulfide) groups is 1. The van der Waals surface area contributed by atoms with Crippen LogP contribution in [-0.4, -0.2) is 51.4 Å². The second-order valence-corrected chi connectivity index (χ2v) is 9.88. The van der Waals surface area contributed by atoms with Crippen LogP contribution in [-0.2, 0) is 19.6 Å². The molecule has 1 fully saturated rings. The smallest absolute Gasteiger partial charge is 0.241 e. The average Bonchev–Trinajstić information content (AvgIpc) is 2.75. The molecule has 1 aliphatic rings. The third kappa shape index (κ3) is 7.98. The molecule has 1 aromatic rings. The summed E-state index contributed by atoms with van der Waals surface area (Å²) in [6.07, 6.45) is 7.51. The summed E-state index contributed by atoms with van der Waals surface area (Å²) in [6.45, 7) is 0.599. The summed E-state index contributed by atoms with van der Waals surface area (Å²) in [4.78, 5) is 24.8. The van der Waals surface area contributed by atoms with Crippen molar-refractivity contribution in [2.45, 2.75) is 49.5 Å². The van der Waals surface area contributed by atoms with Gasteiger partial charge in [-0.2, -0.15) is 16.5 Å². The summed E-state index contributed by atoms with van der Waals surface area (Å²) < 4.78 is 27.6. The minimum atomic E-state index is -3.78. The Hall–Kier alpha value is -1.58. The van der Waals surface area contributed by atoms with E-state index in [1.54, 1.807) is 30.0 Å². The minimum Gasteiger partial charge on any atom is -0.354 e. The molecular formula is C20H31N3O4S2. The molecule has 0 aromatic heterocycles. The van der Waals surface area contributed by atoms with E-state index in [1.807, 2.05) is 6.26 Å². The first-order valence-electron chi connectivity index (χ1n) is 10.1. The highest BCUT2D eigenvalue weighted by atomic mass is 32.2. The largest absolute Gasteiger partial charge is 0.354 e. The molecule has 162 valence electrons. The first-order valence-corrected chi connectivity index (χ1v) is 12.9. The fourth-order valence-corrected chi connectivity index (χ4v) is 5.06. The van der Waals surface area contributed by atoms with Crippen molar-refractivity contribution in [2.24, 2.45) is 5.92 Å². The Morgan fingerprint density at radius 1 is 1.07 bits per heavy atom. The third-order valence-electron chi connectivity index (χ3n) is 4.98. The van der Waals surface area contributed by atoms with E-state index in [0.717, 1.165) is 25.7 Å². The predicted octanol–water partition coefficient (Wildman–Crippen LogP) is 1.90. The zero-order chi connectivity index (χ0) is 21.1. The van der Waals surface area contributed by atoms with Crippen LogP contribution in [0.15, 0.2) is 35.2 Å². The van der Waals surface area contributed by atoms with Crippen LogP contribution in [0.5, 0.6) is 0 Å². The van der Waals surface area contributed by atoms with Gasteiger partial charge in [-0.3, -0.25) is 9.59 Å². The van der Waals surface area contributed by atoms with E-state index < -0.39 is 16.1 Å². The van der Waals surface area contributed by atoms with Crippen LogP contribution in [0.25, 0.3) is 0 Å². The summed E-state index contributed by atoms with van der Waals surface area (Å²) in [7, 11) is -3.78. The summed E-state index contributed by atoms with van der Waals surface area (Å²) in [5.74, 6) is 0.382. The molecule has 0 aliphatic heterocycles. The molecule has 7 nitrogen and oxygen atoms in total. The van der Waals surface area contributed by atoms with Crippen LogP contribution >= 0.6 is 11.8 Å². The van der Waals surface area contributed by atoms with Crippen molar-refractivity contribution in [1.29, 1.82) is 0 Å². The van der Waals surface area contributed by atoms with Crippen LogP contribution in [0, 0.1) is 5.92 Å². The maximum atomic E-state index is 12.5. The second-order valence-electron chi connectivity index (χ2n) is 7.19. The number of rotatable bonds is 11. The van der Waals surface area contributed by atoms with E-state index in [1.165, 1.54) is 18.6 Å². The molecule has 2 amide bonds. The molecule has 3 N–H and O–H groups in total. The van der Waals surface area contributed by atoms with E-state index in [-0.39, 0.29) is 29.2 Å². The lowest BCUT2D eigenvalue weighted by atomic mass is 9.89. The molecule has 1 unspecified atom stereocenters. The topological polar surface area (TPSA) is 104 Å². The Kier molecular flexibility index (Phi) is 9.96. The van der Waals surface area contributed by atoms with Gasteiger partial charge in [-0.15, -0.1) is 0 Å². The highest BCUT2D eigenvalue weighted by Gasteiger charge is 2.25. The van der Waals surface area contributed by atoms with Crippen LogP contribution in [0.2, 0.25) is 0 Å². The highest BCUT2D eigenvalue weighted by molar-refractivity contribution is 7.98. The Morgan fingerprint density at radius 3 is 2.38 bits per heavy atom. The van der Waals surface area contributed by atoms with E-state index in [2.05, 4.69) is 15.4 Å². The van der Waals surface area contributed by atoms with Crippen molar-refractivity contribution in [3.8, 4) is 0 Å². The number of amides is 2. The third-order valence-corrected chi connectivity index (χ3v) is 7.11. The summed E-state index contributed by atoms with van der Waals surface area (Å²) >= 11 is 1.55. The predicted molar refractivity (Wildman–Crippen MR) is 116 cm³/mol. The van der Waals surface area contributed by atoms with Crippen molar-refractivity contribution >= 4 is 33.6 Å². The van der Waals surface area contributed by atoms with Crippen molar-refractivity contribution in [3.63, 3.8) is 0 Å². The van der Waals surface area contributed by atoms with Crippen molar-refractivity contribution in [2.75, 3.05) is 25.1 Å². The normalized spacial score (nSPS) is 16.2. The Labute approximate surface area is 177 Å². The zero-order valence-corrected chi connectivity index (χ0v) is 18.5. The SMILES string of the molecule is CSCCC(NS(=O)(=O)c1ccccc1)C(=O)NCCNC(=O)C1CCCCC1. The van der Waals surface area contributed by atoms with Crippen LogP contribution in [0.3, 0.4) is 0 Å². The Morgan fingerprint density at radius 2 is 1.72 bits per heavy atom. The molecule has 0 radical (unpaired) electrons. The molecule has 1 saturated carbocycles. The van der Waals surface area contributed by atoms with Gasteiger partial charge in [-0.25, -0.2) is 8.42 Å². The Bertz CT molecular complexity index is 750. The standard InChI is InChI=1S/C20H31N3O4S2/c1-28-15-12-18(23-29(26,27)17-10-6-3-7-11-17)20(25)22-14-13-21-19(24)16-8-4-2-5-9-16/h3,6-7,10-11,16,18,23H,2,4-5,8-9,12-15H2,1H3,(H,21,24)(H,22,25). The minimum absolute atomic E-state index is 0.0441. The molecule has 1 aromatic carbocycles. The number of hydrogen-bond donors (Lipinski definition) is 3. The number of nitrogens with one attached hydrogen (secondary N) is 3. The van der Waals surface area contributed by atoms with Gasteiger partial charge in [-0.1, -0.05) is 37.5 Å². The lowest BCUT2D eigenvalue weighted by Gasteiger charge is -2.21. The second kappa shape index (κ2) is 12.2. The van der Waals surface area contributed by atoms with E-state index in [9.17, 15) is 18.0 Å². The molecule has 1 atom stereocenters. The van der Waals surface area contributed by atoms with Crippen molar-refractivity contribution < 1.29 is 18.0 Å². The molecule has 0 saturated heterocycles. The number of carbonyl (C=O) groups is 2. The molecular weight excluding hydrogens is 410 g/mol. The van der Waals surface area contributed by atoms with Gasteiger partial charge < -0.3 is 10.6 Å². The highest BCUT2D eigenvalue weighted by Crippen LogP contribution is 2.23. The molecule has 0 heterocycles. The average molecular weight is 442 g/mol. The van der Waals surface area contributed by atoms with Crippen molar-refractivity contribution in [3.05, 3.63) is 30.3 Å². The van der Waals surface area contributed by atoms with Gasteiger partial charge in [0, 0.05) is 19.0 Å². The quantitative estimate of drug-likeness (QED) is 0.455. The van der Waals surface area contributed by atoms with Crippen LogP contribution < -0.4 is 15.4 Å². The number of sulfonamides is 1. The lowest BCUT2D eigenvalue weighted by molar-refractivity contribution is -0.126. The molecule has 2 rings (SSSR count). The maximum Gasteiger partial charge on any atom is 0.241 e. The van der Waals surface area contributed by atoms with Gasteiger partial charge in [-0.05, 0) is 43.4 Å². The monoisotopic (exact) mass is 441 g/mol.